The second-order valence-corrected chi connectivity index (χ2v) is 8.11. The summed E-state index contributed by atoms with van der Waals surface area (Å²) >= 11 is 0. The van der Waals surface area contributed by atoms with Crippen molar-refractivity contribution in [3.63, 3.8) is 0 Å². The molecule has 1 unspecified atom stereocenters. The number of likely N-dealkylation sites (tertiary alicyclic amines) is 1. The second kappa shape index (κ2) is 7.87. The molecule has 0 bridgehead atoms. The highest BCUT2D eigenvalue weighted by Gasteiger charge is 2.25. The van der Waals surface area contributed by atoms with Gasteiger partial charge in [0, 0.05) is 37.7 Å². The van der Waals surface area contributed by atoms with Gasteiger partial charge in [0.25, 0.3) is 5.91 Å². The normalized spacial score (nSPS) is 20.0. The Morgan fingerprint density at radius 3 is 2.75 bits per heavy atom. The van der Waals surface area contributed by atoms with Crippen molar-refractivity contribution in [2.75, 3.05) is 31.6 Å². The molecular formula is C22H28N4O2. The molecule has 2 aromatic rings. The molecule has 0 radical (unpaired) electrons. The fourth-order valence-corrected chi connectivity index (χ4v) is 4.37. The van der Waals surface area contributed by atoms with Crippen LogP contribution in [-0.2, 0) is 17.8 Å². The molecule has 148 valence electrons. The van der Waals surface area contributed by atoms with E-state index in [1.165, 1.54) is 18.4 Å². The van der Waals surface area contributed by atoms with Crippen molar-refractivity contribution >= 4 is 11.7 Å². The van der Waals surface area contributed by atoms with Crippen LogP contribution in [0.4, 0.5) is 5.82 Å². The SMILES string of the molecule is Cc1cc(CC2CCCN(Cc3cnc4c(c3)OCC(=O)N4C)C2)cc(C)n1. The summed E-state index contributed by atoms with van der Waals surface area (Å²) in [6, 6.07) is 6.47. The molecule has 6 nitrogen and oxygen atoms in total. The van der Waals surface area contributed by atoms with Crippen molar-refractivity contribution in [2.24, 2.45) is 5.92 Å². The second-order valence-electron chi connectivity index (χ2n) is 8.11. The van der Waals surface area contributed by atoms with Gasteiger partial charge in [-0.2, -0.15) is 0 Å². The van der Waals surface area contributed by atoms with Crippen LogP contribution in [0, 0.1) is 19.8 Å². The maximum Gasteiger partial charge on any atom is 0.265 e. The Kier molecular flexibility index (Phi) is 5.31. The summed E-state index contributed by atoms with van der Waals surface area (Å²) in [6.45, 7) is 7.30. The average Bonchev–Trinajstić information content (AvgIpc) is 2.64. The first kappa shape index (κ1) is 18.9. The molecule has 0 saturated carbocycles. The molecular weight excluding hydrogens is 352 g/mol. The smallest absolute Gasteiger partial charge is 0.265 e. The third-order valence-electron chi connectivity index (χ3n) is 5.61. The molecule has 0 aliphatic carbocycles. The van der Waals surface area contributed by atoms with E-state index in [-0.39, 0.29) is 12.5 Å². The number of rotatable bonds is 4. The molecule has 1 amide bonds. The molecule has 4 rings (SSSR count). The van der Waals surface area contributed by atoms with Gasteiger partial charge in [-0.25, -0.2) is 4.98 Å². The summed E-state index contributed by atoms with van der Waals surface area (Å²) in [5.74, 6) is 1.92. The molecule has 0 N–H and O–H groups in total. The maximum atomic E-state index is 11.7. The highest BCUT2D eigenvalue weighted by atomic mass is 16.5. The topological polar surface area (TPSA) is 58.6 Å². The molecule has 2 aromatic heterocycles. The number of piperidine rings is 1. The first-order chi connectivity index (χ1) is 13.5. The minimum Gasteiger partial charge on any atom is -0.480 e. The number of nitrogens with zero attached hydrogens (tertiary/aromatic N) is 4. The molecule has 4 heterocycles. The van der Waals surface area contributed by atoms with Gasteiger partial charge in [-0.05, 0) is 74.9 Å². The van der Waals surface area contributed by atoms with E-state index in [1.54, 1.807) is 11.9 Å². The van der Waals surface area contributed by atoms with Crippen LogP contribution in [-0.4, -0.2) is 47.5 Å². The van der Waals surface area contributed by atoms with Crippen molar-refractivity contribution in [1.29, 1.82) is 0 Å². The van der Waals surface area contributed by atoms with Gasteiger partial charge in [0.05, 0.1) is 0 Å². The van der Waals surface area contributed by atoms with Crippen molar-refractivity contribution in [3.8, 4) is 5.75 Å². The number of hydrogen-bond acceptors (Lipinski definition) is 5. The highest BCUT2D eigenvalue weighted by Crippen LogP contribution is 2.30. The van der Waals surface area contributed by atoms with Gasteiger partial charge in [-0.1, -0.05) is 0 Å². The lowest BCUT2D eigenvalue weighted by atomic mass is 9.91. The number of likely N-dealkylation sites (N-methyl/N-ethyl adjacent to an activating group) is 1. The number of carbonyl (C=O) groups is 1. The van der Waals surface area contributed by atoms with Gasteiger partial charge < -0.3 is 4.74 Å². The molecule has 2 aliphatic rings. The summed E-state index contributed by atoms with van der Waals surface area (Å²) < 4.78 is 5.58. The first-order valence-corrected chi connectivity index (χ1v) is 10.0. The molecule has 0 spiro atoms. The van der Waals surface area contributed by atoms with Crippen LogP contribution < -0.4 is 9.64 Å². The highest BCUT2D eigenvalue weighted by molar-refractivity contribution is 5.96. The van der Waals surface area contributed by atoms with Crippen molar-refractivity contribution in [2.45, 2.75) is 39.7 Å². The van der Waals surface area contributed by atoms with Crippen LogP contribution >= 0.6 is 0 Å². The largest absolute Gasteiger partial charge is 0.480 e. The number of ether oxygens (including phenoxy) is 1. The molecule has 6 heteroatoms. The Balaban J connectivity index is 1.41. The van der Waals surface area contributed by atoms with Gasteiger partial charge in [0.15, 0.2) is 18.2 Å². The van der Waals surface area contributed by atoms with Gasteiger partial charge in [0.1, 0.15) is 0 Å². The quantitative estimate of drug-likeness (QED) is 0.816. The summed E-state index contributed by atoms with van der Waals surface area (Å²) in [4.78, 5) is 24.8. The van der Waals surface area contributed by atoms with Crippen molar-refractivity contribution in [1.82, 2.24) is 14.9 Å². The predicted molar refractivity (Wildman–Crippen MR) is 109 cm³/mol. The Morgan fingerprint density at radius 2 is 1.96 bits per heavy atom. The average molecular weight is 380 g/mol. The lowest BCUT2D eigenvalue weighted by Gasteiger charge is -2.33. The zero-order valence-electron chi connectivity index (χ0n) is 16.9. The van der Waals surface area contributed by atoms with E-state index < -0.39 is 0 Å². The first-order valence-electron chi connectivity index (χ1n) is 10.0. The summed E-state index contributed by atoms with van der Waals surface area (Å²) in [6.07, 6.45) is 5.48. The number of anilines is 1. The van der Waals surface area contributed by atoms with Gasteiger partial charge in [-0.3, -0.25) is 19.6 Å². The number of carbonyl (C=O) groups excluding carboxylic acids is 1. The van der Waals surface area contributed by atoms with Crippen LogP contribution in [0.15, 0.2) is 24.4 Å². The van der Waals surface area contributed by atoms with Crippen molar-refractivity contribution in [3.05, 3.63) is 46.9 Å². The Bertz CT molecular complexity index is 863. The zero-order valence-corrected chi connectivity index (χ0v) is 16.9. The lowest BCUT2D eigenvalue weighted by molar-refractivity contribution is -0.121. The Morgan fingerprint density at radius 1 is 1.18 bits per heavy atom. The van der Waals surface area contributed by atoms with Gasteiger partial charge >= 0.3 is 0 Å². The monoisotopic (exact) mass is 380 g/mol. The predicted octanol–water partition coefficient (Wildman–Crippen LogP) is 2.90. The van der Waals surface area contributed by atoms with E-state index in [2.05, 4.69) is 40.8 Å². The summed E-state index contributed by atoms with van der Waals surface area (Å²) in [5, 5.41) is 0. The van der Waals surface area contributed by atoms with E-state index in [1.807, 2.05) is 12.3 Å². The fraction of sp³-hybridized carbons (Fsp3) is 0.500. The van der Waals surface area contributed by atoms with Crippen LogP contribution in [0.1, 0.15) is 35.4 Å². The fourth-order valence-electron chi connectivity index (χ4n) is 4.37. The molecule has 1 atom stereocenters. The van der Waals surface area contributed by atoms with Gasteiger partial charge in [-0.15, -0.1) is 0 Å². The third kappa shape index (κ3) is 4.17. The Labute approximate surface area is 166 Å². The van der Waals surface area contributed by atoms with E-state index in [0.717, 1.165) is 43.0 Å². The number of amides is 1. The standard InChI is InChI=1S/C22H28N4O2/c1-15-7-18(8-16(2)24-15)9-17-5-4-6-26(12-17)13-19-10-20-22(23-11-19)25(3)21(27)14-28-20/h7-8,10-11,17H,4-6,9,12-14H2,1-3H3. The van der Waals surface area contributed by atoms with E-state index >= 15 is 0 Å². The number of fused-ring (bicyclic) bond motifs is 1. The number of aromatic nitrogens is 2. The minimum atomic E-state index is -0.0618. The molecule has 1 saturated heterocycles. The molecule has 2 aliphatic heterocycles. The number of hydrogen-bond donors (Lipinski definition) is 0. The van der Waals surface area contributed by atoms with Crippen LogP contribution in [0.25, 0.3) is 0 Å². The minimum absolute atomic E-state index is 0.0618. The number of pyridine rings is 2. The number of aryl methyl sites for hydroxylation is 2. The van der Waals surface area contributed by atoms with E-state index in [4.69, 9.17) is 4.74 Å². The lowest BCUT2D eigenvalue weighted by Crippen LogP contribution is -2.37. The Hall–Kier alpha value is -2.47. The van der Waals surface area contributed by atoms with Crippen LogP contribution in [0.5, 0.6) is 5.75 Å². The van der Waals surface area contributed by atoms with E-state index in [0.29, 0.717) is 17.5 Å². The summed E-state index contributed by atoms with van der Waals surface area (Å²) in [5.41, 5.74) is 4.74. The van der Waals surface area contributed by atoms with Crippen LogP contribution in [0.2, 0.25) is 0 Å². The summed E-state index contributed by atoms with van der Waals surface area (Å²) in [7, 11) is 1.74. The van der Waals surface area contributed by atoms with Crippen LogP contribution in [0.3, 0.4) is 0 Å². The molecule has 28 heavy (non-hydrogen) atoms. The third-order valence-corrected chi connectivity index (χ3v) is 5.61. The van der Waals surface area contributed by atoms with Gasteiger partial charge in [0.2, 0.25) is 0 Å². The molecule has 1 fully saturated rings. The van der Waals surface area contributed by atoms with Crippen molar-refractivity contribution < 1.29 is 9.53 Å². The maximum absolute atomic E-state index is 11.7. The zero-order chi connectivity index (χ0) is 19.7. The van der Waals surface area contributed by atoms with E-state index in [9.17, 15) is 4.79 Å². The molecule has 0 aromatic carbocycles.